The first-order valence-electron chi connectivity index (χ1n) is 6.21. The highest BCUT2D eigenvalue weighted by atomic mass is 16.4. The van der Waals surface area contributed by atoms with Crippen LogP contribution in [0.4, 0.5) is 0 Å². The van der Waals surface area contributed by atoms with Crippen LogP contribution in [-0.2, 0) is 9.59 Å². The van der Waals surface area contributed by atoms with Gasteiger partial charge in [0.2, 0.25) is 5.91 Å². The zero-order valence-electron chi connectivity index (χ0n) is 10.6. The van der Waals surface area contributed by atoms with E-state index in [4.69, 9.17) is 5.11 Å². The van der Waals surface area contributed by atoms with Crippen LogP contribution in [-0.4, -0.2) is 23.0 Å². The molecule has 2 N–H and O–H groups in total. The van der Waals surface area contributed by atoms with Gasteiger partial charge in [-0.15, -0.1) is 0 Å². The second kappa shape index (κ2) is 9.87. The van der Waals surface area contributed by atoms with E-state index in [-0.39, 0.29) is 18.4 Å². The Bertz CT molecular complexity index is 251. The van der Waals surface area contributed by atoms with Crippen molar-refractivity contribution < 1.29 is 14.7 Å². The molecular formula is C13H23NO3. The molecule has 0 spiro atoms. The van der Waals surface area contributed by atoms with Gasteiger partial charge in [0.1, 0.15) is 0 Å². The van der Waals surface area contributed by atoms with Gasteiger partial charge in [0, 0.05) is 12.5 Å². The maximum atomic E-state index is 11.0. The van der Waals surface area contributed by atoms with Crippen molar-refractivity contribution in [2.45, 2.75) is 57.9 Å². The Labute approximate surface area is 103 Å². The van der Waals surface area contributed by atoms with Gasteiger partial charge in [-0.25, -0.2) is 0 Å². The van der Waals surface area contributed by atoms with E-state index in [9.17, 15) is 9.59 Å². The number of carbonyl (C=O) groups is 2. The predicted molar refractivity (Wildman–Crippen MR) is 67.8 cm³/mol. The topological polar surface area (TPSA) is 66.4 Å². The van der Waals surface area contributed by atoms with Crippen molar-refractivity contribution in [3.8, 4) is 0 Å². The lowest BCUT2D eigenvalue weighted by Crippen LogP contribution is -2.30. The number of unbranched alkanes of at least 4 members (excludes halogenated alkanes) is 4. The van der Waals surface area contributed by atoms with Gasteiger partial charge in [0.15, 0.2) is 0 Å². The number of nitrogens with one attached hydrogen (secondary N) is 1. The molecule has 0 saturated heterocycles. The molecule has 1 atom stereocenters. The molecule has 0 aliphatic carbocycles. The molecule has 0 aliphatic rings. The molecule has 0 aliphatic heterocycles. The summed E-state index contributed by atoms with van der Waals surface area (Å²) in [5.41, 5.74) is 0. The molecule has 0 aromatic carbocycles. The van der Waals surface area contributed by atoms with E-state index < -0.39 is 5.97 Å². The van der Waals surface area contributed by atoms with Crippen molar-refractivity contribution in [2.24, 2.45) is 0 Å². The average Bonchev–Trinajstić information content (AvgIpc) is 2.27. The summed E-state index contributed by atoms with van der Waals surface area (Å²) in [4.78, 5) is 21.2. The molecule has 0 aromatic rings. The van der Waals surface area contributed by atoms with E-state index in [2.05, 4.69) is 11.9 Å². The summed E-state index contributed by atoms with van der Waals surface area (Å²) in [7, 11) is 0. The van der Waals surface area contributed by atoms with Crippen LogP contribution in [0.25, 0.3) is 0 Å². The predicted octanol–water partition coefficient (Wildman–Crippen LogP) is 2.49. The lowest BCUT2D eigenvalue weighted by Gasteiger charge is -2.11. The Morgan fingerprint density at radius 1 is 1.24 bits per heavy atom. The Morgan fingerprint density at radius 2 is 1.82 bits per heavy atom. The Balaban J connectivity index is 3.30. The highest BCUT2D eigenvalue weighted by molar-refractivity contribution is 5.87. The standard InChI is InChI=1S/C13H23NO3/c1-3-12(15)14-11(2)9-7-5-4-6-8-10-13(16)17/h3,11H,1,4-10H2,2H3,(H,14,15)(H,16,17). The third-order valence-electron chi connectivity index (χ3n) is 2.60. The number of carbonyl (C=O) groups excluding carboxylic acids is 1. The van der Waals surface area contributed by atoms with Crippen LogP contribution in [0.15, 0.2) is 12.7 Å². The minimum absolute atomic E-state index is 0.126. The minimum atomic E-state index is -0.717. The molecule has 1 unspecified atom stereocenters. The largest absolute Gasteiger partial charge is 0.481 e. The average molecular weight is 241 g/mol. The van der Waals surface area contributed by atoms with Crippen molar-refractivity contribution in [1.29, 1.82) is 0 Å². The summed E-state index contributed by atoms with van der Waals surface area (Å²) in [5, 5.41) is 11.3. The summed E-state index contributed by atoms with van der Waals surface area (Å²) in [6.07, 6.45) is 7.46. The van der Waals surface area contributed by atoms with Crippen molar-refractivity contribution in [2.75, 3.05) is 0 Å². The monoisotopic (exact) mass is 241 g/mol. The maximum Gasteiger partial charge on any atom is 0.303 e. The van der Waals surface area contributed by atoms with E-state index >= 15 is 0 Å². The number of carboxylic acids is 1. The fraction of sp³-hybridized carbons (Fsp3) is 0.692. The number of aliphatic carboxylic acids is 1. The van der Waals surface area contributed by atoms with Crippen LogP contribution in [0.5, 0.6) is 0 Å². The molecule has 1 amide bonds. The molecule has 0 radical (unpaired) electrons. The van der Waals surface area contributed by atoms with Crippen molar-refractivity contribution in [3.05, 3.63) is 12.7 Å². The van der Waals surface area contributed by atoms with E-state index in [1.54, 1.807) is 0 Å². The lowest BCUT2D eigenvalue weighted by molar-refractivity contribution is -0.137. The van der Waals surface area contributed by atoms with Crippen LogP contribution in [0.2, 0.25) is 0 Å². The first kappa shape index (κ1) is 15.7. The van der Waals surface area contributed by atoms with Gasteiger partial charge >= 0.3 is 5.97 Å². The number of carboxylic acid groups (broad SMARTS) is 1. The van der Waals surface area contributed by atoms with Gasteiger partial charge in [0.05, 0.1) is 0 Å². The SMILES string of the molecule is C=CC(=O)NC(C)CCCCCCCC(=O)O. The zero-order valence-corrected chi connectivity index (χ0v) is 10.6. The molecule has 98 valence electrons. The number of rotatable bonds is 10. The molecular weight excluding hydrogens is 218 g/mol. The van der Waals surface area contributed by atoms with Crippen LogP contribution in [0.3, 0.4) is 0 Å². The third-order valence-corrected chi connectivity index (χ3v) is 2.60. The molecule has 4 heteroatoms. The molecule has 0 saturated carbocycles. The number of hydrogen-bond acceptors (Lipinski definition) is 2. The molecule has 0 rings (SSSR count). The van der Waals surface area contributed by atoms with Crippen LogP contribution in [0.1, 0.15) is 51.9 Å². The molecule has 4 nitrogen and oxygen atoms in total. The quantitative estimate of drug-likeness (QED) is 0.456. The Hall–Kier alpha value is -1.32. The van der Waals surface area contributed by atoms with Gasteiger partial charge in [-0.05, 0) is 25.8 Å². The zero-order chi connectivity index (χ0) is 13.1. The third kappa shape index (κ3) is 11.0. The van der Waals surface area contributed by atoms with Crippen molar-refractivity contribution in [3.63, 3.8) is 0 Å². The minimum Gasteiger partial charge on any atom is -0.481 e. The summed E-state index contributed by atoms with van der Waals surface area (Å²) in [6.45, 7) is 5.38. The smallest absolute Gasteiger partial charge is 0.303 e. The van der Waals surface area contributed by atoms with Gasteiger partial charge in [-0.1, -0.05) is 32.3 Å². The van der Waals surface area contributed by atoms with Gasteiger partial charge in [0.25, 0.3) is 0 Å². The lowest BCUT2D eigenvalue weighted by atomic mass is 10.1. The molecule has 0 aromatic heterocycles. The van der Waals surface area contributed by atoms with Crippen molar-refractivity contribution in [1.82, 2.24) is 5.32 Å². The van der Waals surface area contributed by atoms with E-state index in [0.717, 1.165) is 38.5 Å². The first-order valence-corrected chi connectivity index (χ1v) is 6.21. The highest BCUT2D eigenvalue weighted by Gasteiger charge is 2.03. The number of amides is 1. The van der Waals surface area contributed by atoms with Crippen molar-refractivity contribution >= 4 is 11.9 Å². The summed E-state index contributed by atoms with van der Waals surface area (Å²) in [6, 6.07) is 0.180. The second-order valence-electron chi connectivity index (χ2n) is 4.31. The Morgan fingerprint density at radius 3 is 2.41 bits per heavy atom. The molecule has 0 heterocycles. The van der Waals surface area contributed by atoms with Gasteiger partial charge < -0.3 is 10.4 Å². The normalized spacial score (nSPS) is 11.8. The van der Waals surface area contributed by atoms with Gasteiger partial charge in [-0.3, -0.25) is 9.59 Å². The summed E-state index contributed by atoms with van der Waals surface area (Å²) < 4.78 is 0. The van der Waals surface area contributed by atoms with Crippen LogP contribution < -0.4 is 5.32 Å². The van der Waals surface area contributed by atoms with E-state index in [1.165, 1.54) is 6.08 Å². The van der Waals surface area contributed by atoms with E-state index in [1.807, 2.05) is 6.92 Å². The number of hydrogen-bond donors (Lipinski definition) is 2. The van der Waals surface area contributed by atoms with Crippen LogP contribution >= 0.6 is 0 Å². The first-order chi connectivity index (χ1) is 8.06. The fourth-order valence-electron chi connectivity index (χ4n) is 1.63. The maximum absolute atomic E-state index is 11.0. The van der Waals surface area contributed by atoms with Crippen LogP contribution in [0, 0.1) is 0 Å². The van der Waals surface area contributed by atoms with Gasteiger partial charge in [-0.2, -0.15) is 0 Å². The highest BCUT2D eigenvalue weighted by Crippen LogP contribution is 2.08. The fourth-order valence-corrected chi connectivity index (χ4v) is 1.63. The molecule has 0 bridgehead atoms. The second-order valence-corrected chi connectivity index (χ2v) is 4.31. The molecule has 17 heavy (non-hydrogen) atoms. The summed E-state index contributed by atoms with van der Waals surface area (Å²) >= 11 is 0. The molecule has 0 fully saturated rings. The van der Waals surface area contributed by atoms with E-state index in [0.29, 0.717) is 0 Å². The summed E-state index contributed by atoms with van der Waals surface area (Å²) in [5.74, 6) is -0.843. The Kier molecular flexibility index (Phi) is 9.11.